The van der Waals surface area contributed by atoms with E-state index in [-0.39, 0.29) is 5.92 Å². The molecule has 1 aliphatic heterocycles. The van der Waals surface area contributed by atoms with E-state index in [1.165, 1.54) is 0 Å². The van der Waals surface area contributed by atoms with E-state index in [2.05, 4.69) is 17.1 Å². The standard InChI is InChI=1S/C15H14N4/c1-10-13(7-16)15(12-5-4-6-18-9-12)14(8-17)11(2)19(10)3/h4-6,9,15H,1-3H3. The van der Waals surface area contributed by atoms with E-state index in [9.17, 15) is 10.5 Å². The van der Waals surface area contributed by atoms with Crippen LogP contribution in [0.25, 0.3) is 0 Å². The van der Waals surface area contributed by atoms with Crippen molar-refractivity contribution in [2.75, 3.05) is 7.05 Å². The quantitative estimate of drug-likeness (QED) is 0.768. The Morgan fingerprint density at radius 2 is 1.74 bits per heavy atom. The highest BCUT2D eigenvalue weighted by Gasteiger charge is 2.31. The molecule has 94 valence electrons. The van der Waals surface area contributed by atoms with Gasteiger partial charge in [0.1, 0.15) is 0 Å². The summed E-state index contributed by atoms with van der Waals surface area (Å²) >= 11 is 0. The van der Waals surface area contributed by atoms with Gasteiger partial charge in [-0.05, 0) is 25.5 Å². The number of pyridine rings is 1. The molecule has 0 fully saturated rings. The maximum absolute atomic E-state index is 9.42. The van der Waals surface area contributed by atoms with Crippen molar-refractivity contribution in [3.8, 4) is 12.1 Å². The molecule has 0 spiro atoms. The van der Waals surface area contributed by atoms with Gasteiger partial charge in [0, 0.05) is 30.8 Å². The average Bonchev–Trinajstić information content (AvgIpc) is 2.45. The average molecular weight is 250 g/mol. The van der Waals surface area contributed by atoms with Gasteiger partial charge in [0.15, 0.2) is 0 Å². The monoisotopic (exact) mass is 250 g/mol. The topological polar surface area (TPSA) is 63.7 Å². The predicted molar refractivity (Wildman–Crippen MR) is 71.4 cm³/mol. The third-order valence-corrected chi connectivity index (χ3v) is 3.62. The molecule has 0 aromatic carbocycles. The first-order chi connectivity index (χ1) is 9.11. The molecule has 0 unspecified atom stereocenters. The van der Waals surface area contributed by atoms with Crippen LogP contribution in [-0.4, -0.2) is 16.9 Å². The predicted octanol–water partition coefficient (Wildman–Crippen LogP) is 2.71. The van der Waals surface area contributed by atoms with Crippen LogP contribution in [0.2, 0.25) is 0 Å². The molecule has 4 nitrogen and oxygen atoms in total. The lowest BCUT2D eigenvalue weighted by atomic mass is 9.82. The molecule has 1 aromatic rings. The van der Waals surface area contributed by atoms with Crippen molar-refractivity contribution in [3.05, 3.63) is 52.6 Å². The Morgan fingerprint density at radius 3 is 2.16 bits per heavy atom. The van der Waals surface area contributed by atoms with Crippen LogP contribution >= 0.6 is 0 Å². The summed E-state index contributed by atoms with van der Waals surface area (Å²) < 4.78 is 0. The summed E-state index contributed by atoms with van der Waals surface area (Å²) in [7, 11) is 1.87. The molecule has 0 bridgehead atoms. The number of nitriles is 2. The van der Waals surface area contributed by atoms with Gasteiger partial charge in [-0.25, -0.2) is 0 Å². The molecule has 4 heteroatoms. The summed E-state index contributed by atoms with van der Waals surface area (Å²) in [6, 6.07) is 8.21. The van der Waals surface area contributed by atoms with Gasteiger partial charge in [0.2, 0.25) is 0 Å². The normalized spacial score (nSPS) is 16.4. The van der Waals surface area contributed by atoms with Gasteiger partial charge in [-0.3, -0.25) is 4.98 Å². The van der Waals surface area contributed by atoms with E-state index in [0.29, 0.717) is 11.1 Å². The third-order valence-electron chi connectivity index (χ3n) is 3.62. The number of allylic oxidation sites excluding steroid dienone is 4. The summed E-state index contributed by atoms with van der Waals surface area (Å²) in [5.74, 6) is -0.306. The minimum absolute atomic E-state index is 0.306. The fourth-order valence-corrected chi connectivity index (χ4v) is 2.35. The number of nitrogens with zero attached hydrogens (tertiary/aromatic N) is 4. The van der Waals surface area contributed by atoms with Crippen LogP contribution in [0.4, 0.5) is 0 Å². The minimum Gasteiger partial charge on any atom is -0.350 e. The highest BCUT2D eigenvalue weighted by atomic mass is 15.1. The van der Waals surface area contributed by atoms with Crippen LogP contribution in [0, 0.1) is 22.7 Å². The summed E-state index contributed by atoms with van der Waals surface area (Å²) in [6.07, 6.45) is 3.40. The lowest BCUT2D eigenvalue weighted by Crippen LogP contribution is -2.25. The highest BCUT2D eigenvalue weighted by Crippen LogP contribution is 2.39. The van der Waals surface area contributed by atoms with Crippen LogP contribution < -0.4 is 0 Å². The lowest BCUT2D eigenvalue weighted by molar-refractivity contribution is 0.489. The van der Waals surface area contributed by atoms with Gasteiger partial charge in [-0.1, -0.05) is 6.07 Å². The first kappa shape index (κ1) is 12.9. The molecule has 0 atom stereocenters. The van der Waals surface area contributed by atoms with E-state index in [1.807, 2.05) is 37.9 Å². The van der Waals surface area contributed by atoms with Crippen LogP contribution in [0.3, 0.4) is 0 Å². The molecule has 2 rings (SSSR count). The number of hydrogen-bond acceptors (Lipinski definition) is 4. The molecule has 1 aliphatic rings. The van der Waals surface area contributed by atoms with Crippen molar-refractivity contribution < 1.29 is 0 Å². The zero-order valence-electron chi connectivity index (χ0n) is 11.2. The minimum atomic E-state index is -0.306. The molecule has 0 N–H and O–H groups in total. The van der Waals surface area contributed by atoms with Gasteiger partial charge >= 0.3 is 0 Å². The Labute approximate surface area is 112 Å². The number of rotatable bonds is 1. The second-order valence-corrected chi connectivity index (χ2v) is 4.50. The van der Waals surface area contributed by atoms with Crippen molar-refractivity contribution >= 4 is 0 Å². The Balaban J connectivity index is 2.68. The van der Waals surface area contributed by atoms with Crippen LogP contribution in [-0.2, 0) is 0 Å². The van der Waals surface area contributed by atoms with Crippen molar-refractivity contribution in [1.82, 2.24) is 9.88 Å². The zero-order valence-corrected chi connectivity index (χ0v) is 11.2. The Hall–Kier alpha value is -2.59. The molecular weight excluding hydrogens is 236 g/mol. The first-order valence-electron chi connectivity index (χ1n) is 5.97. The van der Waals surface area contributed by atoms with Gasteiger partial charge in [0.05, 0.1) is 29.2 Å². The van der Waals surface area contributed by atoms with Crippen LogP contribution in [0.15, 0.2) is 47.1 Å². The molecular formula is C15H14N4. The fraction of sp³-hybridized carbons (Fsp3) is 0.267. The van der Waals surface area contributed by atoms with Gasteiger partial charge in [0.25, 0.3) is 0 Å². The Kier molecular flexibility index (Phi) is 3.35. The molecule has 0 saturated carbocycles. The van der Waals surface area contributed by atoms with Crippen molar-refractivity contribution in [3.63, 3.8) is 0 Å². The second-order valence-electron chi connectivity index (χ2n) is 4.50. The maximum atomic E-state index is 9.42. The summed E-state index contributed by atoms with van der Waals surface area (Å²) in [4.78, 5) is 5.98. The number of aromatic nitrogens is 1. The van der Waals surface area contributed by atoms with E-state index in [1.54, 1.807) is 12.4 Å². The summed E-state index contributed by atoms with van der Waals surface area (Å²) in [6.45, 7) is 3.80. The van der Waals surface area contributed by atoms with Crippen molar-refractivity contribution in [2.24, 2.45) is 0 Å². The summed E-state index contributed by atoms with van der Waals surface area (Å²) in [5.41, 5.74) is 3.86. The molecule has 0 saturated heterocycles. The highest BCUT2D eigenvalue weighted by molar-refractivity contribution is 5.54. The number of hydrogen-bond donors (Lipinski definition) is 0. The van der Waals surface area contributed by atoms with Crippen molar-refractivity contribution in [2.45, 2.75) is 19.8 Å². The molecule has 1 aromatic heterocycles. The molecule has 2 heterocycles. The van der Waals surface area contributed by atoms with Crippen LogP contribution in [0.5, 0.6) is 0 Å². The van der Waals surface area contributed by atoms with E-state index in [0.717, 1.165) is 17.0 Å². The van der Waals surface area contributed by atoms with Gasteiger partial charge in [-0.15, -0.1) is 0 Å². The fourth-order valence-electron chi connectivity index (χ4n) is 2.35. The van der Waals surface area contributed by atoms with E-state index < -0.39 is 0 Å². The smallest absolute Gasteiger partial charge is 0.0975 e. The molecule has 0 amide bonds. The third kappa shape index (κ3) is 1.98. The summed E-state index contributed by atoms with van der Waals surface area (Å²) in [5, 5.41) is 18.8. The van der Waals surface area contributed by atoms with Crippen molar-refractivity contribution in [1.29, 1.82) is 10.5 Å². The Bertz CT molecular complexity index is 603. The second kappa shape index (κ2) is 4.96. The van der Waals surface area contributed by atoms with E-state index in [4.69, 9.17) is 0 Å². The zero-order chi connectivity index (χ0) is 14.0. The SMILES string of the molecule is CC1=C(C#N)C(c2cccnc2)C(C#N)=C(C)N1C. The van der Waals surface area contributed by atoms with Gasteiger partial charge < -0.3 is 4.90 Å². The molecule has 0 aliphatic carbocycles. The molecule has 0 radical (unpaired) electrons. The largest absolute Gasteiger partial charge is 0.350 e. The first-order valence-corrected chi connectivity index (χ1v) is 5.97. The lowest BCUT2D eigenvalue weighted by Gasteiger charge is -2.32. The van der Waals surface area contributed by atoms with E-state index >= 15 is 0 Å². The Morgan fingerprint density at radius 1 is 1.16 bits per heavy atom. The molecule has 19 heavy (non-hydrogen) atoms. The van der Waals surface area contributed by atoms with Gasteiger partial charge in [-0.2, -0.15) is 10.5 Å². The van der Waals surface area contributed by atoms with Crippen LogP contribution in [0.1, 0.15) is 25.3 Å². The maximum Gasteiger partial charge on any atom is 0.0975 e.